The number of fused-ring (bicyclic) bond motifs is 1. The topological polar surface area (TPSA) is 126 Å². The van der Waals surface area contributed by atoms with E-state index < -0.39 is 18.1 Å². The Morgan fingerprint density at radius 3 is 2.24 bits per heavy atom. The number of nitrogens with two attached hydrogens (primary N) is 1. The highest BCUT2D eigenvalue weighted by atomic mass is 19.4. The summed E-state index contributed by atoms with van der Waals surface area (Å²) in [5.74, 6) is -0.758. The average Bonchev–Trinajstić information content (AvgIpc) is 3.25. The standard InChI is InChI=1S/C17H25NO2.C8H6N2O.C2HF3O2.H2/c1-18-11-14-6-4-5-9-17(14,12-18)13-7-8-15(19-2)16(10-13)20-3;9-5-6-1-3-7(4-2-6)8(10)11;3-2(4,5)1(6)7;/h7-8,10,14H,4-6,9,11-12H2,1-3H3;1-4H,(H2,10,11);(H,6,7);1H/t14?,17-;;;/m0.../s1. The summed E-state index contributed by atoms with van der Waals surface area (Å²) >= 11 is 0. The number of hydrogen-bond acceptors (Lipinski definition) is 6. The van der Waals surface area contributed by atoms with Gasteiger partial charge in [0.05, 0.1) is 25.9 Å². The zero-order chi connectivity index (χ0) is 28.5. The molecule has 1 aliphatic carbocycles. The summed E-state index contributed by atoms with van der Waals surface area (Å²) in [5, 5.41) is 15.5. The van der Waals surface area contributed by atoms with Gasteiger partial charge in [0, 0.05) is 25.5 Å². The summed E-state index contributed by atoms with van der Waals surface area (Å²) in [5.41, 5.74) is 7.69. The lowest BCUT2D eigenvalue weighted by Crippen LogP contribution is -2.37. The van der Waals surface area contributed by atoms with E-state index in [0.29, 0.717) is 16.5 Å². The van der Waals surface area contributed by atoms with Crippen LogP contribution in [0.15, 0.2) is 42.5 Å². The number of carbonyl (C=O) groups is 2. The van der Waals surface area contributed by atoms with Gasteiger partial charge in [-0.3, -0.25) is 4.79 Å². The van der Waals surface area contributed by atoms with E-state index in [9.17, 15) is 18.0 Å². The molecule has 1 aliphatic heterocycles. The lowest BCUT2D eigenvalue weighted by atomic mass is 9.64. The number of likely N-dealkylation sites (N-methyl/N-ethyl adjacent to an activating group) is 1. The number of rotatable bonds is 4. The Bertz CT molecular complexity index is 1150. The normalized spacial score (nSPS) is 20.4. The minimum Gasteiger partial charge on any atom is -0.493 e. The molecule has 1 heterocycles. The maximum absolute atomic E-state index is 10.6. The summed E-state index contributed by atoms with van der Waals surface area (Å²) in [4.78, 5) is 21.9. The quantitative estimate of drug-likeness (QED) is 0.583. The van der Waals surface area contributed by atoms with E-state index >= 15 is 0 Å². The predicted octanol–water partition coefficient (Wildman–Crippen LogP) is 4.61. The molecule has 4 rings (SSSR count). The highest BCUT2D eigenvalue weighted by molar-refractivity contribution is 5.92. The largest absolute Gasteiger partial charge is 0.493 e. The minimum atomic E-state index is -5.08. The second kappa shape index (κ2) is 13.1. The molecule has 11 heteroatoms. The molecule has 1 amide bonds. The van der Waals surface area contributed by atoms with Gasteiger partial charge in [0.15, 0.2) is 11.5 Å². The van der Waals surface area contributed by atoms with E-state index in [1.165, 1.54) is 56.5 Å². The van der Waals surface area contributed by atoms with Crippen LogP contribution in [-0.4, -0.2) is 62.4 Å². The molecule has 2 aromatic carbocycles. The fourth-order valence-corrected chi connectivity index (χ4v) is 5.03. The summed E-state index contributed by atoms with van der Waals surface area (Å²) in [6.07, 6.45) is 0.308. The summed E-state index contributed by atoms with van der Waals surface area (Å²) in [7, 11) is 5.67. The number of amides is 1. The van der Waals surface area contributed by atoms with Crippen LogP contribution in [0.4, 0.5) is 13.2 Å². The van der Waals surface area contributed by atoms with Crippen LogP contribution in [0.3, 0.4) is 0 Å². The van der Waals surface area contributed by atoms with Crippen molar-refractivity contribution < 1.29 is 38.8 Å². The molecule has 2 aromatic rings. The Morgan fingerprint density at radius 1 is 1.13 bits per heavy atom. The molecule has 2 fully saturated rings. The van der Waals surface area contributed by atoms with Gasteiger partial charge in [-0.15, -0.1) is 0 Å². The number of halogens is 3. The number of primary amides is 1. The van der Waals surface area contributed by atoms with Crippen molar-refractivity contribution in [2.45, 2.75) is 37.3 Å². The smallest absolute Gasteiger partial charge is 0.490 e. The number of likely N-dealkylation sites (tertiary alicyclic amines) is 1. The highest BCUT2D eigenvalue weighted by Gasteiger charge is 2.47. The number of nitrogens with zero attached hydrogens (tertiary/aromatic N) is 2. The van der Waals surface area contributed by atoms with Gasteiger partial charge >= 0.3 is 12.1 Å². The molecular formula is C27H34F3N3O5. The number of hydrogen-bond donors (Lipinski definition) is 2. The Kier molecular flexibility index (Phi) is 10.5. The van der Waals surface area contributed by atoms with Crippen LogP contribution in [0, 0.1) is 17.2 Å². The molecule has 1 saturated carbocycles. The van der Waals surface area contributed by atoms with E-state index in [1.807, 2.05) is 6.07 Å². The molecule has 8 nitrogen and oxygen atoms in total. The first-order valence-corrected chi connectivity index (χ1v) is 11.9. The second-order valence-corrected chi connectivity index (χ2v) is 9.22. The molecule has 1 saturated heterocycles. The fraction of sp³-hybridized carbons (Fsp3) is 0.444. The lowest BCUT2D eigenvalue weighted by molar-refractivity contribution is -0.192. The first kappa shape index (κ1) is 30.4. The van der Waals surface area contributed by atoms with Crippen molar-refractivity contribution in [3.8, 4) is 17.6 Å². The number of methoxy groups -OCH3 is 2. The third-order valence-electron chi connectivity index (χ3n) is 6.79. The third-order valence-corrected chi connectivity index (χ3v) is 6.79. The minimum absolute atomic E-state index is 0. The predicted molar refractivity (Wildman–Crippen MR) is 136 cm³/mol. The monoisotopic (exact) mass is 537 g/mol. The zero-order valence-corrected chi connectivity index (χ0v) is 21.5. The number of carboxylic acids is 1. The molecule has 0 radical (unpaired) electrons. The van der Waals surface area contributed by atoms with Crippen LogP contribution < -0.4 is 15.2 Å². The molecule has 0 bridgehead atoms. The number of benzene rings is 2. The van der Waals surface area contributed by atoms with Crippen LogP contribution in [0.25, 0.3) is 0 Å². The SMILES string of the molecule is COc1ccc([C@@]23CCCCC2CN(C)C3)cc1OC.N#Cc1ccc(C(N)=O)cc1.O=C(O)C(F)(F)F.[HH]. The molecule has 0 spiro atoms. The lowest BCUT2D eigenvalue weighted by Gasteiger charge is -2.39. The third kappa shape index (κ3) is 7.61. The molecule has 0 aromatic heterocycles. The van der Waals surface area contributed by atoms with Gasteiger partial charge in [-0.2, -0.15) is 18.4 Å². The molecule has 38 heavy (non-hydrogen) atoms. The van der Waals surface area contributed by atoms with Gasteiger partial charge in [0.2, 0.25) is 5.91 Å². The number of aliphatic carboxylic acids is 1. The van der Waals surface area contributed by atoms with Crippen molar-refractivity contribution in [2.24, 2.45) is 11.7 Å². The van der Waals surface area contributed by atoms with Crippen LogP contribution in [0.1, 0.15) is 48.6 Å². The zero-order valence-electron chi connectivity index (χ0n) is 21.5. The van der Waals surface area contributed by atoms with E-state index in [4.69, 9.17) is 30.4 Å². The molecule has 2 aliphatic rings. The number of nitriles is 1. The van der Waals surface area contributed by atoms with Gasteiger partial charge in [0.1, 0.15) is 0 Å². The first-order chi connectivity index (χ1) is 17.9. The van der Waals surface area contributed by atoms with E-state index in [0.717, 1.165) is 17.4 Å². The number of carboxylic acid groups (broad SMARTS) is 1. The number of ether oxygens (including phenoxy) is 2. The van der Waals surface area contributed by atoms with Crippen molar-refractivity contribution in [1.82, 2.24) is 4.90 Å². The van der Waals surface area contributed by atoms with Gasteiger partial charge in [0.25, 0.3) is 0 Å². The van der Waals surface area contributed by atoms with E-state index in [2.05, 4.69) is 30.1 Å². The Morgan fingerprint density at radius 2 is 1.74 bits per heavy atom. The number of alkyl halides is 3. The van der Waals surface area contributed by atoms with E-state index in [-0.39, 0.29) is 1.43 Å². The van der Waals surface area contributed by atoms with Crippen molar-refractivity contribution in [3.05, 3.63) is 59.2 Å². The average molecular weight is 538 g/mol. The van der Waals surface area contributed by atoms with Crippen LogP contribution in [-0.2, 0) is 10.2 Å². The summed E-state index contributed by atoms with van der Waals surface area (Å²) in [6, 6.07) is 14.6. The fourth-order valence-electron chi connectivity index (χ4n) is 5.03. The Labute approximate surface area is 221 Å². The first-order valence-electron chi connectivity index (χ1n) is 11.9. The second-order valence-electron chi connectivity index (χ2n) is 9.22. The molecule has 208 valence electrons. The summed E-state index contributed by atoms with van der Waals surface area (Å²) < 4.78 is 42.6. The summed E-state index contributed by atoms with van der Waals surface area (Å²) in [6.45, 7) is 2.40. The molecular weight excluding hydrogens is 503 g/mol. The van der Waals surface area contributed by atoms with E-state index in [1.54, 1.807) is 26.4 Å². The maximum atomic E-state index is 10.6. The maximum Gasteiger partial charge on any atom is 0.490 e. The van der Waals surface area contributed by atoms with Crippen LogP contribution in [0.5, 0.6) is 11.5 Å². The van der Waals surface area contributed by atoms with Crippen molar-refractivity contribution >= 4 is 11.9 Å². The highest BCUT2D eigenvalue weighted by Crippen LogP contribution is 2.49. The molecule has 3 N–H and O–H groups in total. The number of carbonyl (C=O) groups excluding carboxylic acids is 1. The van der Waals surface area contributed by atoms with Crippen LogP contribution in [0.2, 0.25) is 0 Å². The van der Waals surface area contributed by atoms with Crippen LogP contribution >= 0.6 is 0 Å². The van der Waals surface area contributed by atoms with Gasteiger partial charge in [-0.25, -0.2) is 4.79 Å². The van der Waals surface area contributed by atoms with Gasteiger partial charge in [-0.1, -0.05) is 18.9 Å². The van der Waals surface area contributed by atoms with Gasteiger partial charge < -0.3 is 25.2 Å². The Balaban J connectivity index is 0.000000339. The van der Waals surface area contributed by atoms with Crippen molar-refractivity contribution in [1.29, 1.82) is 5.26 Å². The molecule has 2 atom stereocenters. The van der Waals surface area contributed by atoms with Crippen molar-refractivity contribution in [2.75, 3.05) is 34.4 Å². The van der Waals surface area contributed by atoms with Gasteiger partial charge in [-0.05, 0) is 67.8 Å². The Hall–Kier alpha value is -3.78. The van der Waals surface area contributed by atoms with Crippen molar-refractivity contribution in [3.63, 3.8) is 0 Å². The molecule has 1 unspecified atom stereocenters.